The van der Waals surface area contributed by atoms with Crippen LogP contribution in [0.5, 0.6) is 0 Å². The molecule has 0 aliphatic heterocycles. The number of hydrogen-bond acceptors (Lipinski definition) is 2. The number of amides is 1. The van der Waals surface area contributed by atoms with Crippen LogP contribution < -0.4 is 5.32 Å². The van der Waals surface area contributed by atoms with Crippen molar-refractivity contribution in [1.82, 2.24) is 5.32 Å². The molecule has 0 aromatic heterocycles. The fourth-order valence-electron chi connectivity index (χ4n) is 2.17. The lowest BCUT2D eigenvalue weighted by molar-refractivity contribution is -0.122. The summed E-state index contributed by atoms with van der Waals surface area (Å²) in [6.07, 6.45) is 9.85. The van der Waals surface area contributed by atoms with Crippen LogP contribution in [0.1, 0.15) is 44.9 Å². The number of carbonyl (C=O) groups is 1. The van der Waals surface area contributed by atoms with E-state index >= 15 is 0 Å². The fraction of sp³-hybridized carbons (Fsp3) is 0.917. The summed E-state index contributed by atoms with van der Waals surface area (Å²) in [5, 5.41) is 4.92. The van der Waals surface area contributed by atoms with E-state index in [1.54, 1.807) is 0 Å². The first kappa shape index (κ1) is 14.4. The van der Waals surface area contributed by atoms with E-state index in [2.05, 4.69) is 27.5 Å². The minimum atomic E-state index is 0.243. The van der Waals surface area contributed by atoms with Crippen LogP contribution in [-0.2, 0) is 4.79 Å². The zero-order chi connectivity index (χ0) is 11.8. The van der Waals surface area contributed by atoms with Crippen molar-refractivity contribution < 1.29 is 4.79 Å². The predicted molar refractivity (Wildman–Crippen MR) is 75.3 cm³/mol. The SMILES string of the molecule is CSC1CCCC(NC(=O)CCCCBr)C1. The molecule has 1 amide bonds. The van der Waals surface area contributed by atoms with E-state index in [9.17, 15) is 4.79 Å². The quantitative estimate of drug-likeness (QED) is 0.602. The summed E-state index contributed by atoms with van der Waals surface area (Å²) in [5.41, 5.74) is 0. The Balaban J connectivity index is 2.17. The highest BCUT2D eigenvalue weighted by Crippen LogP contribution is 2.26. The zero-order valence-corrected chi connectivity index (χ0v) is 12.4. The molecular weight excluding hydrogens is 286 g/mol. The lowest BCUT2D eigenvalue weighted by Crippen LogP contribution is -2.38. The maximum atomic E-state index is 11.6. The van der Waals surface area contributed by atoms with Gasteiger partial charge in [-0.25, -0.2) is 0 Å². The topological polar surface area (TPSA) is 29.1 Å². The van der Waals surface area contributed by atoms with Gasteiger partial charge in [0.2, 0.25) is 5.91 Å². The van der Waals surface area contributed by atoms with Gasteiger partial charge in [0, 0.05) is 23.0 Å². The molecule has 1 fully saturated rings. The van der Waals surface area contributed by atoms with Gasteiger partial charge in [0.05, 0.1) is 0 Å². The van der Waals surface area contributed by atoms with Gasteiger partial charge in [-0.05, 0) is 38.4 Å². The van der Waals surface area contributed by atoms with E-state index in [0.717, 1.165) is 29.8 Å². The Morgan fingerprint density at radius 1 is 1.44 bits per heavy atom. The molecule has 1 N–H and O–H groups in total. The van der Waals surface area contributed by atoms with Crippen molar-refractivity contribution in [3.05, 3.63) is 0 Å². The molecule has 1 aliphatic carbocycles. The molecule has 1 rings (SSSR count). The third kappa shape index (κ3) is 5.58. The van der Waals surface area contributed by atoms with E-state index in [4.69, 9.17) is 0 Å². The molecule has 4 heteroatoms. The van der Waals surface area contributed by atoms with E-state index in [1.807, 2.05) is 11.8 Å². The predicted octanol–water partition coefficient (Wildman–Crippen LogP) is 3.34. The zero-order valence-electron chi connectivity index (χ0n) is 10.0. The molecule has 2 nitrogen and oxygen atoms in total. The number of halogens is 1. The molecule has 94 valence electrons. The molecule has 0 bridgehead atoms. The highest BCUT2D eigenvalue weighted by atomic mass is 79.9. The lowest BCUT2D eigenvalue weighted by Gasteiger charge is -2.28. The van der Waals surface area contributed by atoms with Gasteiger partial charge in [0.1, 0.15) is 0 Å². The average molecular weight is 308 g/mol. The second-order valence-electron chi connectivity index (χ2n) is 4.43. The number of carbonyl (C=O) groups excluding carboxylic acids is 1. The largest absolute Gasteiger partial charge is 0.353 e. The van der Waals surface area contributed by atoms with E-state index < -0.39 is 0 Å². The summed E-state index contributed by atoms with van der Waals surface area (Å²) < 4.78 is 0. The molecule has 1 saturated carbocycles. The van der Waals surface area contributed by atoms with Crippen molar-refractivity contribution in [2.45, 2.75) is 56.2 Å². The van der Waals surface area contributed by atoms with Crippen LogP contribution in [0, 0.1) is 0 Å². The van der Waals surface area contributed by atoms with Gasteiger partial charge in [-0.3, -0.25) is 4.79 Å². The molecule has 2 unspecified atom stereocenters. The van der Waals surface area contributed by atoms with Crippen molar-refractivity contribution in [3.8, 4) is 0 Å². The van der Waals surface area contributed by atoms with E-state index in [1.165, 1.54) is 19.3 Å². The third-order valence-electron chi connectivity index (χ3n) is 3.11. The van der Waals surface area contributed by atoms with Crippen molar-refractivity contribution >= 4 is 33.6 Å². The summed E-state index contributed by atoms with van der Waals surface area (Å²) in [6, 6.07) is 0.433. The van der Waals surface area contributed by atoms with Gasteiger partial charge < -0.3 is 5.32 Å². The van der Waals surface area contributed by atoms with Gasteiger partial charge in [-0.2, -0.15) is 11.8 Å². The fourth-order valence-corrected chi connectivity index (χ4v) is 3.39. The summed E-state index contributed by atoms with van der Waals surface area (Å²) in [4.78, 5) is 11.6. The van der Waals surface area contributed by atoms with Crippen LogP contribution in [0.2, 0.25) is 0 Å². The van der Waals surface area contributed by atoms with Crippen molar-refractivity contribution in [2.24, 2.45) is 0 Å². The molecule has 0 radical (unpaired) electrons. The van der Waals surface area contributed by atoms with Gasteiger partial charge >= 0.3 is 0 Å². The van der Waals surface area contributed by atoms with Crippen molar-refractivity contribution in [2.75, 3.05) is 11.6 Å². The second-order valence-corrected chi connectivity index (χ2v) is 6.37. The Kier molecular flexibility index (Phi) is 7.54. The Bertz CT molecular complexity index is 213. The van der Waals surface area contributed by atoms with Gasteiger partial charge in [0.25, 0.3) is 0 Å². The molecule has 0 saturated heterocycles. The summed E-state index contributed by atoms with van der Waals surface area (Å²) in [5.74, 6) is 0.243. The molecular formula is C12H22BrNOS. The van der Waals surface area contributed by atoms with Crippen LogP contribution in [0.25, 0.3) is 0 Å². The van der Waals surface area contributed by atoms with E-state index in [-0.39, 0.29) is 5.91 Å². The first-order valence-electron chi connectivity index (χ1n) is 6.14. The van der Waals surface area contributed by atoms with Crippen molar-refractivity contribution in [1.29, 1.82) is 0 Å². The molecule has 0 spiro atoms. The monoisotopic (exact) mass is 307 g/mol. The summed E-state index contributed by atoms with van der Waals surface area (Å²) in [7, 11) is 0. The highest BCUT2D eigenvalue weighted by Gasteiger charge is 2.22. The number of hydrogen-bond donors (Lipinski definition) is 1. The van der Waals surface area contributed by atoms with Crippen molar-refractivity contribution in [3.63, 3.8) is 0 Å². The second kappa shape index (κ2) is 8.40. The summed E-state index contributed by atoms with van der Waals surface area (Å²) >= 11 is 5.32. The lowest BCUT2D eigenvalue weighted by atomic mass is 9.95. The Morgan fingerprint density at radius 3 is 2.94 bits per heavy atom. The number of thioether (sulfide) groups is 1. The molecule has 0 aromatic carbocycles. The van der Waals surface area contributed by atoms with Crippen LogP contribution in [-0.4, -0.2) is 28.8 Å². The smallest absolute Gasteiger partial charge is 0.220 e. The Hall–Kier alpha value is 0.300. The number of rotatable bonds is 6. The van der Waals surface area contributed by atoms with Gasteiger partial charge in [-0.15, -0.1) is 0 Å². The number of nitrogens with one attached hydrogen (secondary N) is 1. The maximum Gasteiger partial charge on any atom is 0.220 e. The summed E-state index contributed by atoms with van der Waals surface area (Å²) in [6.45, 7) is 0. The van der Waals surface area contributed by atoms with Crippen LogP contribution in [0.15, 0.2) is 0 Å². The highest BCUT2D eigenvalue weighted by molar-refractivity contribution is 9.09. The molecule has 16 heavy (non-hydrogen) atoms. The standard InChI is InChI=1S/C12H22BrNOS/c1-16-11-6-4-5-10(9-11)14-12(15)7-2-3-8-13/h10-11H,2-9H2,1H3,(H,14,15). The molecule has 0 aromatic rings. The molecule has 0 heterocycles. The minimum Gasteiger partial charge on any atom is -0.353 e. The van der Waals surface area contributed by atoms with Gasteiger partial charge in [-0.1, -0.05) is 22.4 Å². The third-order valence-corrected chi connectivity index (χ3v) is 4.77. The van der Waals surface area contributed by atoms with Crippen LogP contribution >= 0.6 is 27.7 Å². The first-order valence-corrected chi connectivity index (χ1v) is 8.55. The van der Waals surface area contributed by atoms with Crippen LogP contribution in [0.3, 0.4) is 0 Å². The average Bonchev–Trinajstić information content (AvgIpc) is 2.29. The normalized spacial score (nSPS) is 25.4. The number of unbranched alkanes of at least 4 members (excludes halogenated alkanes) is 1. The van der Waals surface area contributed by atoms with E-state index in [0.29, 0.717) is 12.5 Å². The van der Waals surface area contributed by atoms with Crippen LogP contribution in [0.4, 0.5) is 0 Å². The maximum absolute atomic E-state index is 11.6. The van der Waals surface area contributed by atoms with Gasteiger partial charge in [0.15, 0.2) is 0 Å². The Morgan fingerprint density at radius 2 is 2.25 bits per heavy atom. The Labute approximate surface area is 111 Å². The minimum absolute atomic E-state index is 0.243. The first-order chi connectivity index (χ1) is 7.76. The number of alkyl halides is 1. The molecule has 1 aliphatic rings. The molecule has 2 atom stereocenters.